The summed E-state index contributed by atoms with van der Waals surface area (Å²) in [6.07, 6.45) is 2.34. The molecule has 1 aromatic heterocycles. The van der Waals surface area contributed by atoms with E-state index in [1.54, 1.807) is 13.8 Å². The summed E-state index contributed by atoms with van der Waals surface area (Å²) >= 11 is 0. The first-order chi connectivity index (χ1) is 14.5. The highest BCUT2D eigenvalue weighted by atomic mass is 16.4. The molecule has 0 spiro atoms. The van der Waals surface area contributed by atoms with Crippen molar-refractivity contribution in [3.8, 4) is 0 Å². The SMILES string of the molecule is CCC(C)C(NC(=O)C(NC(=O)C(N)Cc1cnc[nH]1)C(C)O)C(=O)NC(C)C(=O)O. The van der Waals surface area contributed by atoms with Crippen LogP contribution >= 0.6 is 0 Å². The second-order valence-corrected chi connectivity index (χ2v) is 7.55. The Morgan fingerprint density at radius 1 is 1.06 bits per heavy atom. The molecule has 1 rings (SSSR count). The normalized spacial score (nSPS) is 16.8. The summed E-state index contributed by atoms with van der Waals surface area (Å²) < 4.78 is 0. The van der Waals surface area contributed by atoms with Crippen molar-refractivity contribution in [2.24, 2.45) is 11.7 Å². The first kappa shape index (κ1) is 26.0. The van der Waals surface area contributed by atoms with E-state index >= 15 is 0 Å². The second kappa shape index (κ2) is 12.0. The van der Waals surface area contributed by atoms with Crippen molar-refractivity contribution >= 4 is 23.7 Å². The number of amides is 3. The topological polar surface area (TPSA) is 200 Å². The number of hydrogen-bond donors (Lipinski definition) is 7. The Kier molecular flexibility index (Phi) is 10.1. The maximum atomic E-state index is 12.8. The van der Waals surface area contributed by atoms with Crippen LogP contribution in [0.15, 0.2) is 12.5 Å². The van der Waals surface area contributed by atoms with Gasteiger partial charge in [-0.05, 0) is 19.8 Å². The lowest BCUT2D eigenvalue weighted by atomic mass is 9.97. The molecule has 0 aliphatic heterocycles. The first-order valence-electron chi connectivity index (χ1n) is 10.0. The van der Waals surface area contributed by atoms with Crippen LogP contribution < -0.4 is 21.7 Å². The summed E-state index contributed by atoms with van der Waals surface area (Å²) in [4.78, 5) is 55.4. The number of imidazole rings is 1. The van der Waals surface area contributed by atoms with Gasteiger partial charge in [-0.2, -0.15) is 0 Å². The van der Waals surface area contributed by atoms with Crippen molar-refractivity contribution in [1.82, 2.24) is 25.9 Å². The summed E-state index contributed by atoms with van der Waals surface area (Å²) in [5.41, 5.74) is 6.49. The number of carbonyl (C=O) groups is 4. The van der Waals surface area contributed by atoms with Crippen molar-refractivity contribution in [1.29, 1.82) is 0 Å². The molecule has 0 bridgehead atoms. The minimum atomic E-state index is -1.36. The molecule has 0 aliphatic rings. The van der Waals surface area contributed by atoms with E-state index in [-0.39, 0.29) is 12.3 Å². The van der Waals surface area contributed by atoms with E-state index in [0.717, 1.165) is 0 Å². The third kappa shape index (κ3) is 7.98. The number of aliphatic hydroxyl groups is 1. The minimum Gasteiger partial charge on any atom is -0.480 e. The van der Waals surface area contributed by atoms with E-state index in [2.05, 4.69) is 25.9 Å². The monoisotopic (exact) mass is 440 g/mol. The predicted molar refractivity (Wildman–Crippen MR) is 111 cm³/mol. The standard InChI is InChI=1S/C19H32N6O6/c1-5-9(2)14(17(28)23-10(3)19(30)31)24-18(29)15(11(4)26)25-16(27)13(20)6-12-7-21-8-22-12/h7-11,13-15,26H,5-6,20H2,1-4H3,(H,21,22)(H,23,28)(H,24,29)(H,25,27)(H,30,31). The molecule has 12 heteroatoms. The largest absolute Gasteiger partial charge is 0.480 e. The van der Waals surface area contributed by atoms with Crippen molar-refractivity contribution in [2.75, 3.05) is 0 Å². The number of carboxylic acid groups (broad SMARTS) is 1. The van der Waals surface area contributed by atoms with Crippen LogP contribution in [0, 0.1) is 5.92 Å². The van der Waals surface area contributed by atoms with Gasteiger partial charge in [0.2, 0.25) is 17.7 Å². The van der Waals surface area contributed by atoms with E-state index in [1.807, 2.05) is 0 Å². The Labute approximate surface area is 180 Å². The third-order valence-corrected chi connectivity index (χ3v) is 4.92. The zero-order valence-electron chi connectivity index (χ0n) is 18.1. The number of aliphatic hydroxyl groups excluding tert-OH is 1. The number of carboxylic acids is 1. The van der Waals surface area contributed by atoms with Gasteiger partial charge < -0.3 is 36.9 Å². The fourth-order valence-electron chi connectivity index (χ4n) is 2.70. The number of carbonyl (C=O) groups excluding carboxylic acids is 3. The van der Waals surface area contributed by atoms with E-state index in [1.165, 1.54) is 26.4 Å². The second-order valence-electron chi connectivity index (χ2n) is 7.55. The van der Waals surface area contributed by atoms with Gasteiger partial charge in [0.15, 0.2) is 0 Å². The minimum absolute atomic E-state index is 0.144. The van der Waals surface area contributed by atoms with Crippen molar-refractivity contribution < 1.29 is 29.4 Å². The van der Waals surface area contributed by atoms with Gasteiger partial charge in [-0.1, -0.05) is 20.3 Å². The smallest absolute Gasteiger partial charge is 0.325 e. The van der Waals surface area contributed by atoms with Gasteiger partial charge in [0.1, 0.15) is 18.1 Å². The molecular formula is C19H32N6O6. The van der Waals surface area contributed by atoms with E-state index < -0.39 is 54.0 Å². The number of aromatic amines is 1. The third-order valence-electron chi connectivity index (χ3n) is 4.92. The highest BCUT2D eigenvalue weighted by molar-refractivity contribution is 5.94. The van der Waals surface area contributed by atoms with E-state index in [0.29, 0.717) is 12.1 Å². The molecule has 31 heavy (non-hydrogen) atoms. The highest BCUT2D eigenvalue weighted by Gasteiger charge is 2.33. The van der Waals surface area contributed by atoms with Gasteiger partial charge >= 0.3 is 5.97 Å². The van der Waals surface area contributed by atoms with Crippen LogP contribution in [0.2, 0.25) is 0 Å². The van der Waals surface area contributed by atoms with Gasteiger partial charge in [-0.15, -0.1) is 0 Å². The molecule has 6 atom stereocenters. The van der Waals surface area contributed by atoms with Gasteiger partial charge in [0.05, 0.1) is 18.5 Å². The van der Waals surface area contributed by atoms with Gasteiger partial charge in [-0.3, -0.25) is 19.2 Å². The van der Waals surface area contributed by atoms with Crippen LogP contribution in [-0.4, -0.2) is 74.1 Å². The zero-order valence-corrected chi connectivity index (χ0v) is 18.1. The summed E-state index contributed by atoms with van der Waals surface area (Å²) in [6, 6.07) is -4.57. The molecule has 6 unspecified atom stereocenters. The van der Waals surface area contributed by atoms with E-state index in [4.69, 9.17) is 10.8 Å². The number of nitrogens with zero attached hydrogens (tertiary/aromatic N) is 1. The van der Waals surface area contributed by atoms with Gasteiger partial charge in [0, 0.05) is 18.3 Å². The van der Waals surface area contributed by atoms with Crippen molar-refractivity contribution in [3.05, 3.63) is 18.2 Å². The molecule has 0 radical (unpaired) electrons. The zero-order chi connectivity index (χ0) is 23.7. The molecule has 1 aromatic rings. The average molecular weight is 441 g/mol. The molecule has 0 saturated heterocycles. The fraction of sp³-hybridized carbons (Fsp3) is 0.632. The molecule has 12 nitrogen and oxygen atoms in total. The lowest BCUT2D eigenvalue weighted by Crippen LogP contribution is -2.60. The summed E-state index contributed by atoms with van der Waals surface area (Å²) in [6.45, 7) is 6.14. The lowest BCUT2D eigenvalue weighted by molar-refractivity contribution is -0.142. The number of aromatic nitrogens is 2. The van der Waals surface area contributed by atoms with Gasteiger partial charge in [0.25, 0.3) is 0 Å². The fourth-order valence-corrected chi connectivity index (χ4v) is 2.70. The maximum absolute atomic E-state index is 12.8. The molecule has 174 valence electrons. The van der Waals surface area contributed by atoms with Crippen LogP contribution in [0.5, 0.6) is 0 Å². The number of aliphatic carboxylic acids is 1. The van der Waals surface area contributed by atoms with Crippen molar-refractivity contribution in [3.63, 3.8) is 0 Å². The van der Waals surface area contributed by atoms with Gasteiger partial charge in [-0.25, -0.2) is 4.98 Å². The number of hydrogen-bond acceptors (Lipinski definition) is 7. The van der Waals surface area contributed by atoms with Crippen LogP contribution in [-0.2, 0) is 25.6 Å². The molecule has 1 heterocycles. The van der Waals surface area contributed by atoms with Crippen LogP contribution in [0.25, 0.3) is 0 Å². The summed E-state index contributed by atoms with van der Waals surface area (Å²) in [5.74, 6) is -3.69. The molecule has 0 aromatic carbocycles. The molecule has 8 N–H and O–H groups in total. The summed E-state index contributed by atoms with van der Waals surface area (Å²) in [5, 5.41) is 26.2. The Morgan fingerprint density at radius 3 is 2.13 bits per heavy atom. The number of nitrogens with two attached hydrogens (primary N) is 1. The number of H-pyrrole nitrogens is 1. The number of rotatable bonds is 12. The average Bonchev–Trinajstić information content (AvgIpc) is 3.21. The number of nitrogens with one attached hydrogen (secondary N) is 4. The van der Waals surface area contributed by atoms with Crippen LogP contribution in [0.4, 0.5) is 0 Å². The lowest BCUT2D eigenvalue weighted by Gasteiger charge is -2.28. The maximum Gasteiger partial charge on any atom is 0.325 e. The Balaban J connectivity index is 2.87. The Bertz CT molecular complexity index is 753. The van der Waals surface area contributed by atoms with E-state index in [9.17, 15) is 24.3 Å². The molecule has 0 aliphatic carbocycles. The van der Waals surface area contributed by atoms with Crippen molar-refractivity contribution in [2.45, 2.75) is 70.8 Å². The Hall–Kier alpha value is -2.99. The van der Waals surface area contributed by atoms with Crippen LogP contribution in [0.1, 0.15) is 39.8 Å². The molecule has 0 saturated carbocycles. The summed E-state index contributed by atoms with van der Waals surface area (Å²) in [7, 11) is 0. The first-order valence-corrected chi connectivity index (χ1v) is 10.0. The molecule has 3 amide bonds. The van der Waals surface area contributed by atoms with Crippen LogP contribution in [0.3, 0.4) is 0 Å². The predicted octanol–water partition coefficient (Wildman–Crippen LogP) is -1.73. The Morgan fingerprint density at radius 2 is 1.65 bits per heavy atom. The quantitative estimate of drug-likeness (QED) is 0.199. The highest BCUT2D eigenvalue weighted by Crippen LogP contribution is 2.10. The molecule has 0 fully saturated rings. The molecular weight excluding hydrogens is 408 g/mol.